The lowest BCUT2D eigenvalue weighted by Crippen LogP contribution is -2.39. The van der Waals surface area contributed by atoms with Crippen LogP contribution in [0.15, 0.2) is 47.6 Å². The number of benzene rings is 2. The molecule has 0 aromatic heterocycles. The van der Waals surface area contributed by atoms with Crippen molar-refractivity contribution in [2.24, 2.45) is 5.10 Å². The molecule has 8 nitrogen and oxygen atoms in total. The van der Waals surface area contributed by atoms with Crippen molar-refractivity contribution in [3.8, 4) is 11.5 Å². The number of sulfonamides is 1. The molecule has 3 rings (SSSR count). The van der Waals surface area contributed by atoms with Crippen LogP contribution in [0.3, 0.4) is 0 Å². The Morgan fingerprint density at radius 3 is 2.71 bits per heavy atom. The van der Waals surface area contributed by atoms with E-state index in [0.717, 1.165) is 10.6 Å². The fraction of sp³-hybridized carbons (Fsp3) is 0.222. The monoisotopic (exact) mass is 423 g/mol. The predicted molar refractivity (Wildman–Crippen MR) is 107 cm³/mol. The average Bonchev–Trinajstić information content (AvgIpc) is 2.66. The molecule has 2 aromatic rings. The van der Waals surface area contributed by atoms with Crippen molar-refractivity contribution >= 4 is 39.4 Å². The molecule has 0 atom stereocenters. The largest absolute Gasteiger partial charge is 0.486 e. The first kappa shape index (κ1) is 20.0. The number of carbonyl (C=O) groups is 1. The lowest BCUT2D eigenvalue weighted by molar-refractivity contribution is -0.119. The summed E-state index contributed by atoms with van der Waals surface area (Å²) >= 11 is 6.07. The van der Waals surface area contributed by atoms with E-state index in [-0.39, 0.29) is 10.7 Å². The van der Waals surface area contributed by atoms with Crippen LogP contribution in [0.5, 0.6) is 11.5 Å². The minimum Gasteiger partial charge on any atom is -0.486 e. The van der Waals surface area contributed by atoms with Crippen LogP contribution >= 0.6 is 11.6 Å². The maximum Gasteiger partial charge on any atom is 0.260 e. The highest BCUT2D eigenvalue weighted by molar-refractivity contribution is 7.92. The molecular formula is C18H18ClN3O5S. The van der Waals surface area contributed by atoms with Crippen molar-refractivity contribution in [3.63, 3.8) is 0 Å². The van der Waals surface area contributed by atoms with Crippen LogP contribution in [0.4, 0.5) is 5.69 Å². The Kier molecular flexibility index (Phi) is 6.05. The Hall–Kier alpha value is -2.78. The highest BCUT2D eigenvalue weighted by atomic mass is 35.5. The number of hydrogen-bond donors (Lipinski definition) is 1. The first-order chi connectivity index (χ1) is 13.4. The second-order valence-electron chi connectivity index (χ2n) is 5.89. The number of nitrogens with zero attached hydrogens (tertiary/aromatic N) is 2. The first-order valence-corrected chi connectivity index (χ1v) is 10.5. The molecular weight excluding hydrogens is 406 g/mol. The lowest BCUT2D eigenvalue weighted by atomic mass is 10.2. The number of anilines is 1. The summed E-state index contributed by atoms with van der Waals surface area (Å²) in [5, 5.41) is 4.11. The summed E-state index contributed by atoms with van der Waals surface area (Å²) in [6.45, 7) is 0.422. The van der Waals surface area contributed by atoms with Gasteiger partial charge in [-0.3, -0.25) is 9.10 Å². The Balaban J connectivity index is 1.71. The van der Waals surface area contributed by atoms with Gasteiger partial charge in [0.15, 0.2) is 11.5 Å². The molecule has 0 saturated heterocycles. The van der Waals surface area contributed by atoms with Crippen LogP contribution in [0.2, 0.25) is 5.02 Å². The quantitative estimate of drug-likeness (QED) is 0.566. The number of halogens is 1. The van der Waals surface area contributed by atoms with E-state index >= 15 is 0 Å². The van der Waals surface area contributed by atoms with E-state index in [9.17, 15) is 13.2 Å². The third-order valence-electron chi connectivity index (χ3n) is 3.80. The van der Waals surface area contributed by atoms with Crippen LogP contribution in [0.25, 0.3) is 0 Å². The number of ether oxygens (including phenoxy) is 2. The summed E-state index contributed by atoms with van der Waals surface area (Å²) < 4.78 is 36.1. The molecule has 28 heavy (non-hydrogen) atoms. The Morgan fingerprint density at radius 2 is 1.96 bits per heavy atom. The molecule has 10 heteroatoms. The Bertz CT molecular complexity index is 1010. The molecule has 1 amide bonds. The second-order valence-corrected chi connectivity index (χ2v) is 8.20. The fourth-order valence-corrected chi connectivity index (χ4v) is 3.73. The molecule has 1 heterocycles. The standard InChI is InChI=1S/C18H18ClN3O5S/c1-28(24,25)22(15-7-3-2-6-14(15)19)12-17(23)21-20-11-13-5-4-8-16-18(13)27-10-9-26-16/h2-8,11H,9-10,12H2,1H3,(H,21,23). The highest BCUT2D eigenvalue weighted by Crippen LogP contribution is 2.32. The second kappa shape index (κ2) is 8.49. The van der Waals surface area contributed by atoms with Gasteiger partial charge in [0.2, 0.25) is 10.0 Å². The van der Waals surface area contributed by atoms with Gasteiger partial charge in [0, 0.05) is 5.56 Å². The van der Waals surface area contributed by atoms with Crippen molar-refractivity contribution < 1.29 is 22.7 Å². The van der Waals surface area contributed by atoms with Gasteiger partial charge in [0.1, 0.15) is 19.8 Å². The maximum atomic E-state index is 12.2. The fourth-order valence-electron chi connectivity index (χ4n) is 2.57. The molecule has 1 aliphatic heterocycles. The van der Waals surface area contributed by atoms with Gasteiger partial charge >= 0.3 is 0 Å². The summed E-state index contributed by atoms with van der Waals surface area (Å²) in [6, 6.07) is 11.7. The zero-order chi connectivity index (χ0) is 20.1. The van der Waals surface area contributed by atoms with Gasteiger partial charge < -0.3 is 9.47 Å². The highest BCUT2D eigenvalue weighted by Gasteiger charge is 2.22. The van der Waals surface area contributed by atoms with Crippen molar-refractivity contribution in [1.29, 1.82) is 0 Å². The molecule has 148 valence electrons. The maximum absolute atomic E-state index is 12.2. The number of rotatable bonds is 6. The zero-order valence-electron chi connectivity index (χ0n) is 15.0. The van der Waals surface area contributed by atoms with Crippen molar-refractivity contribution in [3.05, 3.63) is 53.1 Å². The lowest BCUT2D eigenvalue weighted by Gasteiger charge is -2.22. The van der Waals surface area contributed by atoms with Crippen molar-refractivity contribution in [2.75, 3.05) is 30.3 Å². The van der Waals surface area contributed by atoms with Gasteiger partial charge in [-0.05, 0) is 24.3 Å². The number of hydrogen-bond acceptors (Lipinski definition) is 6. The number of fused-ring (bicyclic) bond motifs is 1. The Morgan fingerprint density at radius 1 is 1.21 bits per heavy atom. The van der Waals surface area contributed by atoms with Gasteiger partial charge in [-0.1, -0.05) is 29.8 Å². The third-order valence-corrected chi connectivity index (χ3v) is 5.24. The van der Waals surface area contributed by atoms with E-state index in [1.807, 2.05) is 0 Å². The van der Waals surface area contributed by atoms with Crippen LogP contribution in [-0.4, -0.2) is 46.6 Å². The van der Waals surface area contributed by atoms with Gasteiger partial charge in [-0.25, -0.2) is 13.8 Å². The summed E-state index contributed by atoms with van der Waals surface area (Å²) in [7, 11) is -3.73. The number of para-hydroxylation sites is 2. The van der Waals surface area contributed by atoms with Crippen LogP contribution < -0.4 is 19.2 Å². The summed E-state index contributed by atoms with van der Waals surface area (Å²) in [4.78, 5) is 12.2. The van der Waals surface area contributed by atoms with E-state index in [1.165, 1.54) is 12.3 Å². The van der Waals surface area contributed by atoms with E-state index in [4.69, 9.17) is 21.1 Å². The molecule has 0 fully saturated rings. The molecule has 0 aliphatic carbocycles. The molecule has 0 saturated carbocycles. The minimum absolute atomic E-state index is 0.216. The SMILES string of the molecule is CS(=O)(=O)N(CC(=O)NN=Cc1cccc2c1OCCO2)c1ccccc1Cl. The summed E-state index contributed by atoms with van der Waals surface area (Å²) in [6.07, 6.45) is 2.41. The number of amides is 1. The van der Waals surface area contributed by atoms with Gasteiger partial charge in [-0.15, -0.1) is 0 Å². The molecule has 2 aromatic carbocycles. The van der Waals surface area contributed by atoms with Crippen LogP contribution in [0.1, 0.15) is 5.56 Å². The Labute approximate surface area is 167 Å². The van der Waals surface area contributed by atoms with Crippen molar-refractivity contribution in [2.45, 2.75) is 0 Å². The molecule has 0 radical (unpaired) electrons. The average molecular weight is 424 g/mol. The predicted octanol–water partition coefficient (Wildman–Crippen LogP) is 2.03. The number of carbonyl (C=O) groups excluding carboxylic acids is 1. The molecule has 0 bridgehead atoms. The molecule has 0 unspecified atom stereocenters. The van der Waals surface area contributed by atoms with Crippen LogP contribution in [-0.2, 0) is 14.8 Å². The van der Waals surface area contributed by atoms with E-state index < -0.39 is 22.5 Å². The zero-order valence-corrected chi connectivity index (χ0v) is 16.5. The van der Waals surface area contributed by atoms with E-state index in [1.54, 1.807) is 36.4 Å². The number of nitrogens with one attached hydrogen (secondary N) is 1. The van der Waals surface area contributed by atoms with E-state index in [0.29, 0.717) is 30.3 Å². The molecule has 1 aliphatic rings. The smallest absolute Gasteiger partial charge is 0.260 e. The van der Waals surface area contributed by atoms with Crippen LogP contribution in [0, 0.1) is 0 Å². The minimum atomic E-state index is -3.73. The van der Waals surface area contributed by atoms with Crippen molar-refractivity contribution in [1.82, 2.24) is 5.43 Å². The summed E-state index contributed by atoms with van der Waals surface area (Å²) in [5.74, 6) is 0.521. The number of hydrazone groups is 1. The molecule has 1 N–H and O–H groups in total. The van der Waals surface area contributed by atoms with Gasteiger partial charge in [0.25, 0.3) is 5.91 Å². The van der Waals surface area contributed by atoms with Gasteiger partial charge in [-0.2, -0.15) is 5.10 Å². The normalized spacial score (nSPS) is 13.4. The van der Waals surface area contributed by atoms with E-state index in [2.05, 4.69) is 10.5 Å². The third kappa shape index (κ3) is 4.73. The summed E-state index contributed by atoms with van der Waals surface area (Å²) in [5.41, 5.74) is 3.16. The first-order valence-electron chi connectivity index (χ1n) is 8.29. The topological polar surface area (TPSA) is 97.3 Å². The van der Waals surface area contributed by atoms with Gasteiger partial charge in [0.05, 0.1) is 23.2 Å². The molecule has 0 spiro atoms.